The summed E-state index contributed by atoms with van der Waals surface area (Å²) < 4.78 is 14.6. The number of aryl methyl sites for hydroxylation is 2. The molecule has 1 unspecified atom stereocenters. The van der Waals surface area contributed by atoms with Gasteiger partial charge in [0.2, 0.25) is 11.1 Å². The Morgan fingerprint density at radius 1 is 1.00 bits per heavy atom. The predicted molar refractivity (Wildman–Crippen MR) is 125 cm³/mol. The van der Waals surface area contributed by atoms with Gasteiger partial charge in [0.05, 0.1) is 0 Å². The molecule has 3 N–H and O–H groups in total. The number of thioether (sulfide) groups is 1. The first kappa shape index (κ1) is 21.6. The number of nitrogens with two attached hydrogens (primary N) is 1. The molecule has 1 atom stereocenters. The molecule has 0 bridgehead atoms. The maximum Gasteiger partial charge on any atom is 0.242 e. The third-order valence-electron chi connectivity index (χ3n) is 4.82. The minimum Gasteiger partial charge on any atom is -0.335 e. The second-order valence-electron chi connectivity index (χ2n) is 7.46. The second kappa shape index (κ2) is 9.23. The first-order chi connectivity index (χ1) is 15.4. The summed E-state index contributed by atoms with van der Waals surface area (Å²) in [7, 11) is 0. The highest BCUT2D eigenvalue weighted by Gasteiger charge is 2.26. The van der Waals surface area contributed by atoms with Gasteiger partial charge in [0.15, 0.2) is 5.82 Å². The highest BCUT2D eigenvalue weighted by Crippen LogP contribution is 2.36. The van der Waals surface area contributed by atoms with Gasteiger partial charge in [0.1, 0.15) is 11.1 Å². The first-order valence-electron chi connectivity index (χ1n) is 9.98. The van der Waals surface area contributed by atoms with Crippen LogP contribution in [0.2, 0.25) is 0 Å². The van der Waals surface area contributed by atoms with Crippen LogP contribution in [-0.4, -0.2) is 20.8 Å². The van der Waals surface area contributed by atoms with Gasteiger partial charge in [0.25, 0.3) is 0 Å². The minimum absolute atomic E-state index is 0.197. The third-order valence-corrected chi connectivity index (χ3v) is 6.03. The number of amides is 1. The van der Waals surface area contributed by atoms with E-state index in [1.165, 1.54) is 28.6 Å². The Morgan fingerprint density at radius 3 is 2.31 bits per heavy atom. The van der Waals surface area contributed by atoms with Crippen LogP contribution in [0.4, 0.5) is 10.1 Å². The summed E-state index contributed by atoms with van der Waals surface area (Å²) in [6, 6.07) is 21.2. The molecule has 1 heterocycles. The average Bonchev–Trinajstić information content (AvgIpc) is 3.12. The Labute approximate surface area is 189 Å². The van der Waals surface area contributed by atoms with Crippen molar-refractivity contribution in [3.8, 4) is 11.4 Å². The smallest absolute Gasteiger partial charge is 0.242 e. The monoisotopic (exact) mass is 447 g/mol. The average molecular weight is 448 g/mol. The van der Waals surface area contributed by atoms with Crippen molar-refractivity contribution < 1.29 is 9.18 Å². The van der Waals surface area contributed by atoms with Crippen LogP contribution in [0.3, 0.4) is 0 Å². The summed E-state index contributed by atoms with van der Waals surface area (Å²) in [4.78, 5) is 13.3. The lowest BCUT2D eigenvalue weighted by atomic mass is 10.1. The second-order valence-corrected chi connectivity index (χ2v) is 8.53. The molecular weight excluding hydrogens is 425 g/mol. The van der Waals surface area contributed by atoms with E-state index >= 15 is 0 Å². The largest absolute Gasteiger partial charge is 0.335 e. The molecule has 6 nitrogen and oxygen atoms in total. The molecule has 3 aromatic carbocycles. The highest BCUT2D eigenvalue weighted by molar-refractivity contribution is 8.00. The van der Waals surface area contributed by atoms with Crippen LogP contribution in [0.5, 0.6) is 0 Å². The Balaban J connectivity index is 1.63. The number of nitrogens with one attached hydrogen (secondary N) is 1. The predicted octanol–water partition coefficient (Wildman–Crippen LogP) is 4.89. The quantitative estimate of drug-likeness (QED) is 0.325. The Hall–Kier alpha value is -3.65. The van der Waals surface area contributed by atoms with Crippen molar-refractivity contribution in [2.45, 2.75) is 24.3 Å². The number of rotatable bonds is 6. The van der Waals surface area contributed by atoms with Crippen LogP contribution in [0.1, 0.15) is 21.9 Å². The molecule has 1 aromatic heterocycles. The van der Waals surface area contributed by atoms with Crippen molar-refractivity contribution in [3.63, 3.8) is 0 Å². The number of aromatic nitrogens is 3. The molecule has 162 valence electrons. The van der Waals surface area contributed by atoms with E-state index in [2.05, 4.69) is 15.5 Å². The van der Waals surface area contributed by atoms with Gasteiger partial charge in [-0.1, -0.05) is 48.2 Å². The van der Waals surface area contributed by atoms with Gasteiger partial charge in [-0.15, -0.1) is 10.2 Å². The first-order valence-corrected chi connectivity index (χ1v) is 10.9. The number of carbonyl (C=O) groups is 1. The van der Waals surface area contributed by atoms with E-state index in [0.29, 0.717) is 16.5 Å². The minimum atomic E-state index is -0.607. The van der Waals surface area contributed by atoms with Crippen molar-refractivity contribution in [1.29, 1.82) is 0 Å². The molecule has 1 amide bonds. The topological polar surface area (TPSA) is 85.8 Å². The molecule has 32 heavy (non-hydrogen) atoms. The summed E-state index contributed by atoms with van der Waals surface area (Å²) in [5.74, 6) is 6.08. The van der Waals surface area contributed by atoms with Gasteiger partial charge in [-0.25, -0.2) is 9.07 Å². The third kappa shape index (κ3) is 4.81. The van der Waals surface area contributed by atoms with Crippen molar-refractivity contribution in [2.75, 3.05) is 11.2 Å². The molecule has 0 spiro atoms. The zero-order valence-electron chi connectivity index (χ0n) is 17.6. The lowest BCUT2D eigenvalue weighted by Gasteiger charge is -2.17. The molecular formula is C24H22FN5OS. The van der Waals surface area contributed by atoms with Crippen molar-refractivity contribution in [1.82, 2.24) is 14.9 Å². The van der Waals surface area contributed by atoms with Gasteiger partial charge in [-0.3, -0.25) is 4.79 Å². The molecule has 4 aromatic rings. The highest BCUT2D eigenvalue weighted by atomic mass is 32.2. The van der Waals surface area contributed by atoms with E-state index < -0.39 is 5.25 Å². The number of hydrogen-bond acceptors (Lipinski definition) is 5. The molecule has 4 rings (SSSR count). The van der Waals surface area contributed by atoms with Crippen LogP contribution >= 0.6 is 11.8 Å². The lowest BCUT2D eigenvalue weighted by molar-refractivity contribution is -0.115. The normalized spacial score (nSPS) is 11.8. The van der Waals surface area contributed by atoms with Crippen LogP contribution in [0.25, 0.3) is 11.4 Å². The van der Waals surface area contributed by atoms with Crippen LogP contribution in [0.15, 0.2) is 78.0 Å². The molecule has 0 radical (unpaired) electrons. The zero-order chi connectivity index (χ0) is 22.7. The van der Waals surface area contributed by atoms with Gasteiger partial charge in [-0.2, -0.15) is 0 Å². The fraction of sp³-hybridized carbons (Fsp3) is 0.125. The maximum atomic E-state index is 13.3. The van der Waals surface area contributed by atoms with Gasteiger partial charge < -0.3 is 11.2 Å². The van der Waals surface area contributed by atoms with E-state index in [4.69, 9.17) is 5.84 Å². The molecule has 0 fully saturated rings. The van der Waals surface area contributed by atoms with E-state index in [9.17, 15) is 9.18 Å². The van der Waals surface area contributed by atoms with Crippen molar-refractivity contribution >= 4 is 23.4 Å². The Kier molecular flexibility index (Phi) is 6.23. The van der Waals surface area contributed by atoms with Gasteiger partial charge in [0, 0.05) is 11.3 Å². The number of nitrogen functional groups attached to an aromatic ring is 1. The lowest BCUT2D eigenvalue weighted by Crippen LogP contribution is -2.20. The van der Waals surface area contributed by atoms with E-state index in [1.807, 2.05) is 62.4 Å². The molecule has 0 aliphatic rings. The summed E-state index contributed by atoms with van der Waals surface area (Å²) in [5, 5.41) is 11.1. The van der Waals surface area contributed by atoms with E-state index in [0.717, 1.165) is 22.4 Å². The zero-order valence-corrected chi connectivity index (χ0v) is 18.4. The standard InChI is InChI=1S/C24H22FN5OS/c1-15-12-16(2)14-20(13-15)27-23(31)21(17-6-4-3-5-7-17)32-24-29-28-22(30(24)26)18-8-10-19(25)11-9-18/h3-14,21H,26H2,1-2H3,(H,27,31). The number of nitrogens with zero attached hydrogens (tertiary/aromatic N) is 3. The number of benzene rings is 3. The van der Waals surface area contributed by atoms with E-state index in [-0.39, 0.29) is 11.7 Å². The molecule has 0 saturated heterocycles. The maximum absolute atomic E-state index is 13.3. The Bertz CT molecular complexity index is 1220. The molecule has 0 aliphatic heterocycles. The summed E-state index contributed by atoms with van der Waals surface area (Å²) in [6.45, 7) is 3.97. The number of hydrogen-bond donors (Lipinski definition) is 2. The van der Waals surface area contributed by atoms with Crippen molar-refractivity contribution in [3.05, 3.63) is 95.3 Å². The van der Waals surface area contributed by atoms with Crippen LogP contribution < -0.4 is 11.2 Å². The number of anilines is 1. The van der Waals surface area contributed by atoms with E-state index in [1.54, 1.807) is 12.1 Å². The number of halogens is 1. The van der Waals surface area contributed by atoms with Crippen molar-refractivity contribution in [2.24, 2.45) is 0 Å². The van der Waals surface area contributed by atoms with Crippen LogP contribution in [-0.2, 0) is 4.79 Å². The summed E-state index contributed by atoms with van der Waals surface area (Å²) in [6.07, 6.45) is 0. The molecule has 8 heteroatoms. The Morgan fingerprint density at radius 2 is 1.66 bits per heavy atom. The van der Waals surface area contributed by atoms with Gasteiger partial charge in [-0.05, 0) is 66.9 Å². The fourth-order valence-corrected chi connectivity index (χ4v) is 4.37. The fourth-order valence-electron chi connectivity index (χ4n) is 3.41. The summed E-state index contributed by atoms with van der Waals surface area (Å²) in [5.41, 5.74) is 4.30. The van der Waals surface area contributed by atoms with Gasteiger partial charge >= 0.3 is 0 Å². The molecule has 0 saturated carbocycles. The number of carbonyl (C=O) groups excluding carboxylic acids is 1. The summed E-state index contributed by atoms with van der Waals surface area (Å²) >= 11 is 1.20. The molecule has 0 aliphatic carbocycles. The SMILES string of the molecule is Cc1cc(C)cc(NC(=O)C(Sc2nnc(-c3ccc(F)cc3)n2N)c2ccccc2)c1. The van der Waals surface area contributed by atoms with Crippen LogP contribution in [0, 0.1) is 19.7 Å².